The van der Waals surface area contributed by atoms with Crippen LogP contribution < -0.4 is 9.04 Å². The number of amides is 1. The van der Waals surface area contributed by atoms with Gasteiger partial charge in [-0.25, -0.2) is 8.42 Å². The first-order chi connectivity index (χ1) is 13.9. The molecule has 1 fully saturated rings. The first-order valence-corrected chi connectivity index (χ1v) is 11.8. The number of sulfonamides is 1. The van der Waals surface area contributed by atoms with E-state index in [1.54, 1.807) is 36.1 Å². The van der Waals surface area contributed by atoms with Gasteiger partial charge in [-0.1, -0.05) is 31.0 Å². The molecule has 1 aliphatic heterocycles. The van der Waals surface area contributed by atoms with Crippen molar-refractivity contribution >= 4 is 21.6 Å². The normalized spacial score (nSPS) is 16.0. The molecule has 1 atom stereocenters. The minimum absolute atomic E-state index is 0.151. The summed E-state index contributed by atoms with van der Waals surface area (Å²) >= 11 is 0. The predicted octanol–water partition coefficient (Wildman–Crippen LogP) is 4.04. The van der Waals surface area contributed by atoms with Gasteiger partial charge >= 0.3 is 0 Å². The third-order valence-electron chi connectivity index (χ3n) is 5.05. The van der Waals surface area contributed by atoms with Gasteiger partial charge in [0.25, 0.3) is 0 Å². The number of anilines is 1. The van der Waals surface area contributed by atoms with Crippen molar-refractivity contribution in [3.05, 3.63) is 54.6 Å². The number of carbonyl (C=O) groups is 1. The summed E-state index contributed by atoms with van der Waals surface area (Å²) in [7, 11) is -3.64. The van der Waals surface area contributed by atoms with E-state index >= 15 is 0 Å². The number of ether oxygens (including phenoxy) is 1. The molecule has 0 bridgehead atoms. The Morgan fingerprint density at radius 1 is 0.931 bits per heavy atom. The Bertz CT molecular complexity index is 906. The third-order valence-corrected chi connectivity index (χ3v) is 6.30. The van der Waals surface area contributed by atoms with Crippen LogP contribution in [0.15, 0.2) is 54.6 Å². The fraction of sp³-hybridized carbons (Fsp3) is 0.409. The van der Waals surface area contributed by atoms with Crippen molar-refractivity contribution < 1.29 is 17.9 Å². The number of carbonyl (C=O) groups excluding carboxylic acids is 1. The zero-order chi connectivity index (χ0) is 20.9. The van der Waals surface area contributed by atoms with Gasteiger partial charge in [-0.05, 0) is 56.2 Å². The largest absolute Gasteiger partial charge is 0.457 e. The van der Waals surface area contributed by atoms with Crippen molar-refractivity contribution in [3.63, 3.8) is 0 Å². The maximum atomic E-state index is 13.0. The number of nitrogens with zero attached hydrogens (tertiary/aromatic N) is 2. The molecule has 3 rings (SSSR count). The van der Waals surface area contributed by atoms with Gasteiger partial charge in [-0.3, -0.25) is 9.10 Å². The maximum Gasteiger partial charge on any atom is 0.246 e. The molecule has 29 heavy (non-hydrogen) atoms. The summed E-state index contributed by atoms with van der Waals surface area (Å²) in [6, 6.07) is 15.3. The Labute approximate surface area is 173 Å². The van der Waals surface area contributed by atoms with Crippen molar-refractivity contribution in [2.24, 2.45) is 0 Å². The van der Waals surface area contributed by atoms with Gasteiger partial charge < -0.3 is 9.64 Å². The van der Waals surface area contributed by atoms with Crippen LogP contribution in [-0.2, 0) is 14.8 Å². The summed E-state index contributed by atoms with van der Waals surface area (Å²) in [5, 5.41) is 0. The fourth-order valence-corrected chi connectivity index (χ4v) is 4.81. The Morgan fingerprint density at radius 2 is 1.48 bits per heavy atom. The number of para-hydroxylation sites is 1. The van der Waals surface area contributed by atoms with Gasteiger partial charge in [0.2, 0.25) is 15.9 Å². The second kappa shape index (κ2) is 9.31. The molecule has 0 saturated carbocycles. The van der Waals surface area contributed by atoms with Crippen molar-refractivity contribution in [2.45, 2.75) is 38.6 Å². The molecule has 1 aliphatic rings. The van der Waals surface area contributed by atoms with Gasteiger partial charge in [0.15, 0.2) is 0 Å². The van der Waals surface area contributed by atoms with Crippen LogP contribution in [0.25, 0.3) is 0 Å². The summed E-state index contributed by atoms with van der Waals surface area (Å²) in [5.74, 6) is 1.15. The van der Waals surface area contributed by atoms with Crippen LogP contribution in [0.1, 0.15) is 32.6 Å². The third kappa shape index (κ3) is 5.50. The zero-order valence-electron chi connectivity index (χ0n) is 17.0. The van der Waals surface area contributed by atoms with Crippen LogP contribution in [0.3, 0.4) is 0 Å². The highest BCUT2D eigenvalue weighted by Crippen LogP contribution is 2.27. The molecular weight excluding hydrogens is 388 g/mol. The Balaban J connectivity index is 1.80. The summed E-state index contributed by atoms with van der Waals surface area (Å²) in [6.07, 6.45) is 5.27. The molecule has 0 spiro atoms. The Kier molecular flexibility index (Phi) is 6.79. The smallest absolute Gasteiger partial charge is 0.246 e. The summed E-state index contributed by atoms with van der Waals surface area (Å²) in [6.45, 7) is 3.03. The maximum absolute atomic E-state index is 13.0. The van der Waals surface area contributed by atoms with Crippen molar-refractivity contribution in [3.8, 4) is 11.5 Å². The van der Waals surface area contributed by atoms with Gasteiger partial charge in [0.1, 0.15) is 17.5 Å². The Morgan fingerprint density at radius 3 is 2.03 bits per heavy atom. The molecule has 0 radical (unpaired) electrons. The topological polar surface area (TPSA) is 66.9 Å². The predicted molar refractivity (Wildman–Crippen MR) is 115 cm³/mol. The quantitative estimate of drug-likeness (QED) is 0.713. The van der Waals surface area contributed by atoms with E-state index in [1.807, 2.05) is 30.3 Å². The lowest BCUT2D eigenvalue weighted by molar-refractivity contribution is -0.131. The Hall–Kier alpha value is -2.54. The van der Waals surface area contributed by atoms with Crippen molar-refractivity contribution in [1.82, 2.24) is 4.90 Å². The second-order valence-electron chi connectivity index (χ2n) is 7.38. The number of hydrogen-bond acceptors (Lipinski definition) is 4. The van der Waals surface area contributed by atoms with E-state index in [1.165, 1.54) is 4.31 Å². The molecule has 1 heterocycles. The first-order valence-electron chi connectivity index (χ1n) is 9.97. The lowest BCUT2D eigenvalue weighted by atomic mass is 10.2. The lowest BCUT2D eigenvalue weighted by Crippen LogP contribution is -2.49. The molecule has 1 amide bonds. The minimum atomic E-state index is -3.64. The second-order valence-corrected chi connectivity index (χ2v) is 9.24. The van der Waals surface area contributed by atoms with Crippen LogP contribution in [-0.4, -0.2) is 44.6 Å². The lowest BCUT2D eigenvalue weighted by Gasteiger charge is -2.32. The molecule has 2 aromatic carbocycles. The zero-order valence-corrected chi connectivity index (χ0v) is 17.8. The fourth-order valence-electron chi connectivity index (χ4n) is 3.64. The van der Waals surface area contributed by atoms with E-state index in [9.17, 15) is 13.2 Å². The van der Waals surface area contributed by atoms with Gasteiger partial charge in [-0.15, -0.1) is 0 Å². The number of benzene rings is 2. The average molecular weight is 417 g/mol. The number of rotatable bonds is 6. The molecule has 6 nitrogen and oxygen atoms in total. The minimum Gasteiger partial charge on any atom is -0.457 e. The summed E-state index contributed by atoms with van der Waals surface area (Å²) in [4.78, 5) is 14.8. The van der Waals surface area contributed by atoms with E-state index in [2.05, 4.69) is 0 Å². The highest BCUT2D eigenvalue weighted by Gasteiger charge is 2.32. The van der Waals surface area contributed by atoms with Gasteiger partial charge in [-0.2, -0.15) is 0 Å². The monoisotopic (exact) mass is 416 g/mol. The molecule has 2 aromatic rings. The molecule has 1 saturated heterocycles. The molecule has 0 aliphatic carbocycles. The van der Waals surface area contributed by atoms with Crippen LogP contribution in [0.4, 0.5) is 5.69 Å². The SMILES string of the molecule is CC(C(=O)N1CCCCCC1)N(c1ccc(Oc2ccccc2)cc1)S(C)(=O)=O. The van der Waals surface area contributed by atoms with Crippen molar-refractivity contribution in [1.29, 1.82) is 0 Å². The van der Waals surface area contributed by atoms with E-state index < -0.39 is 16.1 Å². The van der Waals surface area contributed by atoms with Gasteiger partial charge in [0.05, 0.1) is 11.9 Å². The summed E-state index contributed by atoms with van der Waals surface area (Å²) < 4.78 is 32.0. The van der Waals surface area contributed by atoms with Gasteiger partial charge in [0, 0.05) is 13.1 Å². The highest BCUT2D eigenvalue weighted by molar-refractivity contribution is 7.92. The van der Waals surface area contributed by atoms with E-state index in [4.69, 9.17) is 4.74 Å². The van der Waals surface area contributed by atoms with E-state index in [0.717, 1.165) is 31.9 Å². The molecule has 1 unspecified atom stereocenters. The molecular formula is C22H28N2O4S. The van der Waals surface area contributed by atoms with E-state index in [0.29, 0.717) is 30.3 Å². The molecule has 156 valence electrons. The molecule has 7 heteroatoms. The average Bonchev–Trinajstić information content (AvgIpc) is 2.98. The summed E-state index contributed by atoms with van der Waals surface area (Å²) in [5.41, 5.74) is 0.448. The highest BCUT2D eigenvalue weighted by atomic mass is 32.2. The van der Waals surface area contributed by atoms with Crippen LogP contribution >= 0.6 is 0 Å². The van der Waals surface area contributed by atoms with E-state index in [-0.39, 0.29) is 5.91 Å². The number of likely N-dealkylation sites (tertiary alicyclic amines) is 1. The van der Waals surface area contributed by atoms with Crippen molar-refractivity contribution in [2.75, 3.05) is 23.7 Å². The van der Waals surface area contributed by atoms with Crippen LogP contribution in [0.2, 0.25) is 0 Å². The standard InChI is InChI=1S/C22H28N2O4S/c1-18(22(25)23-16-8-3-4-9-17-23)24(29(2,26)27)19-12-14-21(15-13-19)28-20-10-6-5-7-11-20/h5-7,10-15,18H,3-4,8-9,16-17H2,1-2H3. The number of hydrogen-bond donors (Lipinski definition) is 0. The molecule has 0 N–H and O–H groups in total. The molecule has 0 aromatic heterocycles. The van der Waals surface area contributed by atoms with Crippen LogP contribution in [0, 0.1) is 0 Å². The first kappa shape index (κ1) is 21.2. The van der Waals surface area contributed by atoms with Crippen LogP contribution in [0.5, 0.6) is 11.5 Å².